The third kappa shape index (κ3) is 2.36. The summed E-state index contributed by atoms with van der Waals surface area (Å²) in [5, 5.41) is 4.05. The van der Waals surface area contributed by atoms with Crippen molar-refractivity contribution in [3.63, 3.8) is 0 Å². The van der Waals surface area contributed by atoms with Crippen LogP contribution in [0.25, 0.3) is 6.08 Å². The topological polar surface area (TPSA) is 25.2 Å². The SMILES string of the molecule is C[C@@H]1c2cccn2CCN1C(=O)/C=C/c1ccsc1. The second-order valence-corrected chi connectivity index (χ2v) is 5.50. The highest BCUT2D eigenvalue weighted by Gasteiger charge is 2.25. The number of carbonyl (C=O) groups excluding carboxylic acids is 1. The molecule has 0 aliphatic carbocycles. The Morgan fingerprint density at radius 2 is 2.32 bits per heavy atom. The number of hydrogen-bond acceptors (Lipinski definition) is 2. The van der Waals surface area contributed by atoms with Crippen LogP contribution in [0.3, 0.4) is 0 Å². The third-order valence-electron chi connectivity index (χ3n) is 3.59. The molecule has 0 spiro atoms. The number of rotatable bonds is 2. The molecule has 0 unspecified atom stereocenters. The van der Waals surface area contributed by atoms with E-state index in [-0.39, 0.29) is 11.9 Å². The Morgan fingerprint density at radius 3 is 3.11 bits per heavy atom. The number of fused-ring (bicyclic) bond motifs is 1. The summed E-state index contributed by atoms with van der Waals surface area (Å²) in [6.07, 6.45) is 5.64. The Hall–Kier alpha value is -1.81. The first-order valence-corrected chi connectivity index (χ1v) is 7.36. The van der Waals surface area contributed by atoms with Crippen molar-refractivity contribution in [2.45, 2.75) is 19.5 Å². The highest BCUT2D eigenvalue weighted by Crippen LogP contribution is 2.25. The largest absolute Gasteiger partial charge is 0.348 e. The van der Waals surface area contributed by atoms with Gasteiger partial charge in [0.2, 0.25) is 5.91 Å². The minimum atomic E-state index is 0.0890. The van der Waals surface area contributed by atoms with Gasteiger partial charge in [-0.25, -0.2) is 0 Å². The van der Waals surface area contributed by atoms with Gasteiger partial charge in [0.05, 0.1) is 6.04 Å². The van der Waals surface area contributed by atoms with Crippen molar-refractivity contribution >= 4 is 23.3 Å². The summed E-state index contributed by atoms with van der Waals surface area (Å²) in [4.78, 5) is 14.2. The predicted octanol–water partition coefficient (Wildman–Crippen LogP) is 3.17. The average Bonchev–Trinajstić information content (AvgIpc) is 3.07. The first-order valence-electron chi connectivity index (χ1n) is 6.41. The molecule has 1 aliphatic rings. The molecule has 1 aliphatic heterocycles. The second-order valence-electron chi connectivity index (χ2n) is 4.72. The van der Waals surface area contributed by atoms with Crippen molar-refractivity contribution in [2.24, 2.45) is 0 Å². The van der Waals surface area contributed by atoms with Crippen LogP contribution in [-0.2, 0) is 11.3 Å². The minimum Gasteiger partial charge on any atom is -0.348 e. The van der Waals surface area contributed by atoms with E-state index < -0.39 is 0 Å². The van der Waals surface area contributed by atoms with Crippen molar-refractivity contribution in [3.8, 4) is 0 Å². The Kier molecular flexibility index (Phi) is 3.25. The van der Waals surface area contributed by atoms with Crippen molar-refractivity contribution in [1.82, 2.24) is 9.47 Å². The zero-order valence-corrected chi connectivity index (χ0v) is 11.6. The normalized spacial score (nSPS) is 18.8. The molecule has 0 aromatic carbocycles. The lowest BCUT2D eigenvalue weighted by molar-refractivity contribution is -0.129. The number of amides is 1. The number of carbonyl (C=O) groups is 1. The van der Waals surface area contributed by atoms with Crippen LogP contribution in [0.5, 0.6) is 0 Å². The lowest BCUT2D eigenvalue weighted by Gasteiger charge is -2.34. The zero-order valence-electron chi connectivity index (χ0n) is 10.8. The van der Waals surface area contributed by atoms with E-state index in [1.54, 1.807) is 17.4 Å². The van der Waals surface area contributed by atoms with Gasteiger partial charge in [0, 0.05) is 31.1 Å². The summed E-state index contributed by atoms with van der Waals surface area (Å²) in [6.45, 7) is 3.74. The number of thiophene rings is 1. The van der Waals surface area contributed by atoms with E-state index in [9.17, 15) is 4.79 Å². The monoisotopic (exact) mass is 272 g/mol. The zero-order chi connectivity index (χ0) is 13.2. The van der Waals surface area contributed by atoms with Crippen LogP contribution in [0, 0.1) is 0 Å². The van der Waals surface area contributed by atoms with Crippen molar-refractivity contribution < 1.29 is 4.79 Å². The van der Waals surface area contributed by atoms with Gasteiger partial charge in [0.1, 0.15) is 0 Å². The van der Waals surface area contributed by atoms with Crippen LogP contribution in [0.4, 0.5) is 0 Å². The average molecular weight is 272 g/mol. The van der Waals surface area contributed by atoms with Crippen LogP contribution >= 0.6 is 11.3 Å². The van der Waals surface area contributed by atoms with Gasteiger partial charge in [0.15, 0.2) is 0 Å². The van der Waals surface area contributed by atoms with Crippen molar-refractivity contribution in [2.75, 3.05) is 6.54 Å². The molecule has 1 atom stereocenters. The molecule has 3 nitrogen and oxygen atoms in total. The Bertz CT molecular complexity index is 597. The molecule has 3 rings (SSSR count). The molecular formula is C15H16N2OS. The highest BCUT2D eigenvalue weighted by atomic mass is 32.1. The third-order valence-corrected chi connectivity index (χ3v) is 4.29. The summed E-state index contributed by atoms with van der Waals surface area (Å²) in [5.41, 5.74) is 2.30. The fourth-order valence-electron chi connectivity index (χ4n) is 2.51. The predicted molar refractivity (Wildman–Crippen MR) is 77.9 cm³/mol. The van der Waals surface area contributed by atoms with Crippen molar-refractivity contribution in [3.05, 3.63) is 52.5 Å². The van der Waals surface area contributed by atoms with Gasteiger partial charge < -0.3 is 9.47 Å². The van der Waals surface area contributed by atoms with E-state index in [1.165, 1.54) is 5.69 Å². The molecule has 98 valence electrons. The maximum Gasteiger partial charge on any atom is 0.247 e. The van der Waals surface area contributed by atoms with Crippen molar-refractivity contribution in [1.29, 1.82) is 0 Å². The van der Waals surface area contributed by atoms with E-state index in [0.29, 0.717) is 0 Å². The molecule has 3 heterocycles. The molecule has 4 heteroatoms. The Balaban J connectivity index is 1.75. The molecule has 2 aromatic heterocycles. The van der Waals surface area contributed by atoms with E-state index >= 15 is 0 Å². The molecule has 0 N–H and O–H groups in total. The number of nitrogens with zero attached hydrogens (tertiary/aromatic N) is 2. The summed E-state index contributed by atoms with van der Waals surface area (Å²) >= 11 is 1.64. The fourth-order valence-corrected chi connectivity index (χ4v) is 3.14. The Labute approximate surface area is 116 Å². The summed E-state index contributed by atoms with van der Waals surface area (Å²) in [6, 6.07) is 6.29. The van der Waals surface area contributed by atoms with Gasteiger partial charge in [0.25, 0.3) is 0 Å². The minimum absolute atomic E-state index is 0.0890. The summed E-state index contributed by atoms with van der Waals surface area (Å²) < 4.78 is 2.22. The molecular weight excluding hydrogens is 256 g/mol. The maximum atomic E-state index is 12.3. The highest BCUT2D eigenvalue weighted by molar-refractivity contribution is 7.08. The first kappa shape index (κ1) is 12.2. The standard InChI is InChI=1S/C15H16N2OS/c1-12-14-3-2-7-16(14)8-9-17(12)15(18)5-4-13-6-10-19-11-13/h2-7,10-12H,8-9H2,1H3/b5-4+/t12-/m1/s1. The van der Waals surface area contributed by atoms with Gasteiger partial charge in [-0.3, -0.25) is 4.79 Å². The summed E-state index contributed by atoms with van der Waals surface area (Å²) in [5.74, 6) is 0.0890. The molecule has 1 amide bonds. The van der Waals surface area contributed by atoms with E-state index in [4.69, 9.17) is 0 Å². The quantitative estimate of drug-likeness (QED) is 0.771. The van der Waals surface area contributed by atoms with Gasteiger partial charge >= 0.3 is 0 Å². The molecule has 0 bridgehead atoms. The molecule has 0 saturated heterocycles. The number of aromatic nitrogens is 1. The molecule has 0 saturated carbocycles. The van der Waals surface area contributed by atoms with Crippen LogP contribution in [-0.4, -0.2) is 21.9 Å². The van der Waals surface area contributed by atoms with Gasteiger partial charge in [-0.1, -0.05) is 0 Å². The van der Waals surface area contributed by atoms with Crippen LogP contribution in [0.2, 0.25) is 0 Å². The number of hydrogen-bond donors (Lipinski definition) is 0. The molecule has 0 radical (unpaired) electrons. The van der Waals surface area contributed by atoms with Gasteiger partial charge in [-0.15, -0.1) is 0 Å². The van der Waals surface area contributed by atoms with Gasteiger partial charge in [-0.05, 0) is 47.5 Å². The Morgan fingerprint density at radius 1 is 1.42 bits per heavy atom. The van der Waals surface area contributed by atoms with E-state index in [2.05, 4.69) is 23.8 Å². The summed E-state index contributed by atoms with van der Waals surface area (Å²) in [7, 11) is 0. The molecule has 19 heavy (non-hydrogen) atoms. The van der Waals surface area contributed by atoms with Crippen LogP contribution in [0.15, 0.2) is 41.2 Å². The van der Waals surface area contributed by atoms with Gasteiger partial charge in [-0.2, -0.15) is 11.3 Å². The van der Waals surface area contributed by atoms with Crippen LogP contribution in [0.1, 0.15) is 24.2 Å². The maximum absolute atomic E-state index is 12.3. The van der Waals surface area contributed by atoms with Crippen LogP contribution < -0.4 is 0 Å². The van der Waals surface area contributed by atoms with E-state index in [0.717, 1.165) is 18.7 Å². The molecule has 2 aromatic rings. The smallest absolute Gasteiger partial charge is 0.247 e. The fraction of sp³-hybridized carbons (Fsp3) is 0.267. The lowest BCUT2D eigenvalue weighted by atomic mass is 10.1. The molecule has 0 fully saturated rings. The lowest BCUT2D eigenvalue weighted by Crippen LogP contribution is -2.39. The van der Waals surface area contributed by atoms with E-state index in [1.807, 2.05) is 33.9 Å². The second kappa shape index (κ2) is 5.05. The first-order chi connectivity index (χ1) is 9.25.